The van der Waals surface area contributed by atoms with E-state index in [-0.39, 0.29) is 10.6 Å². The Bertz CT molecular complexity index is 619. The number of fused-ring (bicyclic) bond motifs is 1. The molecule has 106 valence electrons. The lowest BCUT2D eigenvalue weighted by molar-refractivity contribution is -0.383. The SMILES string of the molecule is O=[N+]([O-])c1cccc2c1cnn2CCN1CCOCC1. The van der Waals surface area contributed by atoms with Crippen molar-refractivity contribution < 1.29 is 9.66 Å². The molecule has 2 heterocycles. The summed E-state index contributed by atoms with van der Waals surface area (Å²) in [4.78, 5) is 12.9. The summed E-state index contributed by atoms with van der Waals surface area (Å²) >= 11 is 0. The van der Waals surface area contributed by atoms with E-state index >= 15 is 0 Å². The van der Waals surface area contributed by atoms with Crippen LogP contribution in [0.15, 0.2) is 24.4 Å². The zero-order valence-corrected chi connectivity index (χ0v) is 11.1. The lowest BCUT2D eigenvalue weighted by atomic mass is 10.2. The minimum atomic E-state index is -0.365. The normalized spacial score (nSPS) is 16.6. The third-order valence-electron chi connectivity index (χ3n) is 3.59. The highest BCUT2D eigenvalue weighted by atomic mass is 16.6. The second-order valence-corrected chi connectivity index (χ2v) is 4.79. The number of morpholine rings is 1. The number of rotatable bonds is 4. The zero-order chi connectivity index (χ0) is 13.9. The lowest BCUT2D eigenvalue weighted by Gasteiger charge is -2.26. The van der Waals surface area contributed by atoms with Gasteiger partial charge in [0.15, 0.2) is 0 Å². The van der Waals surface area contributed by atoms with Gasteiger partial charge in [0.25, 0.3) is 5.69 Å². The maximum atomic E-state index is 11.0. The van der Waals surface area contributed by atoms with Gasteiger partial charge in [0.1, 0.15) is 0 Å². The summed E-state index contributed by atoms with van der Waals surface area (Å²) in [5.41, 5.74) is 0.924. The predicted octanol–water partition coefficient (Wildman–Crippen LogP) is 1.28. The highest BCUT2D eigenvalue weighted by Crippen LogP contribution is 2.24. The highest BCUT2D eigenvalue weighted by molar-refractivity contribution is 5.87. The molecule has 0 unspecified atom stereocenters. The van der Waals surface area contributed by atoms with Gasteiger partial charge in [-0.05, 0) is 6.07 Å². The van der Waals surface area contributed by atoms with Crippen LogP contribution in [-0.2, 0) is 11.3 Å². The van der Waals surface area contributed by atoms with Gasteiger partial charge in [0.05, 0.1) is 41.8 Å². The van der Waals surface area contributed by atoms with Gasteiger partial charge < -0.3 is 4.74 Å². The molecule has 20 heavy (non-hydrogen) atoms. The quantitative estimate of drug-likeness (QED) is 0.621. The fraction of sp³-hybridized carbons (Fsp3) is 0.462. The number of aromatic nitrogens is 2. The largest absolute Gasteiger partial charge is 0.379 e. The minimum Gasteiger partial charge on any atom is -0.379 e. The van der Waals surface area contributed by atoms with Crippen LogP contribution in [-0.4, -0.2) is 52.5 Å². The average molecular weight is 276 g/mol. The Labute approximate surface area is 115 Å². The third-order valence-corrected chi connectivity index (χ3v) is 3.59. The van der Waals surface area contributed by atoms with Crippen molar-refractivity contribution in [2.75, 3.05) is 32.8 Å². The molecule has 3 rings (SSSR count). The first-order chi connectivity index (χ1) is 9.75. The van der Waals surface area contributed by atoms with Crippen LogP contribution in [0.3, 0.4) is 0 Å². The van der Waals surface area contributed by atoms with Gasteiger partial charge in [-0.25, -0.2) is 0 Å². The number of nitro groups is 1. The van der Waals surface area contributed by atoms with Crippen LogP contribution in [0.2, 0.25) is 0 Å². The third kappa shape index (κ3) is 2.50. The molecule has 0 saturated carbocycles. The van der Waals surface area contributed by atoms with Gasteiger partial charge in [-0.3, -0.25) is 19.7 Å². The first-order valence-corrected chi connectivity index (χ1v) is 6.65. The number of nitro benzene ring substituents is 1. The Hall–Kier alpha value is -1.99. The van der Waals surface area contributed by atoms with Crippen LogP contribution in [0.5, 0.6) is 0 Å². The van der Waals surface area contributed by atoms with E-state index < -0.39 is 0 Å². The van der Waals surface area contributed by atoms with Gasteiger partial charge in [-0.15, -0.1) is 0 Å². The van der Waals surface area contributed by atoms with E-state index in [0.717, 1.165) is 44.9 Å². The number of benzene rings is 1. The van der Waals surface area contributed by atoms with Gasteiger partial charge in [0.2, 0.25) is 0 Å². The molecule has 0 spiro atoms. The van der Waals surface area contributed by atoms with Crippen molar-refractivity contribution in [3.63, 3.8) is 0 Å². The standard InChI is InChI=1S/C13H16N4O3/c18-17(19)13-3-1-2-12-11(13)10-14-16(12)5-4-15-6-8-20-9-7-15/h1-3,10H,4-9H2. The monoisotopic (exact) mass is 276 g/mol. The summed E-state index contributed by atoms with van der Waals surface area (Å²) in [6.45, 7) is 5.00. The van der Waals surface area contributed by atoms with Crippen LogP contribution < -0.4 is 0 Å². The Kier molecular flexibility index (Phi) is 3.62. The summed E-state index contributed by atoms with van der Waals surface area (Å²) in [5, 5.41) is 15.8. The molecule has 0 N–H and O–H groups in total. The Balaban J connectivity index is 1.78. The lowest BCUT2D eigenvalue weighted by Crippen LogP contribution is -2.38. The molecule has 7 nitrogen and oxygen atoms in total. The first-order valence-electron chi connectivity index (χ1n) is 6.65. The van der Waals surface area contributed by atoms with Crippen molar-refractivity contribution >= 4 is 16.6 Å². The summed E-state index contributed by atoms with van der Waals surface area (Å²) in [6.07, 6.45) is 1.58. The Morgan fingerprint density at radius 1 is 1.30 bits per heavy atom. The smallest absolute Gasteiger partial charge is 0.280 e. The Morgan fingerprint density at radius 2 is 2.10 bits per heavy atom. The van der Waals surface area contributed by atoms with Gasteiger partial charge in [0, 0.05) is 25.7 Å². The molecule has 1 aromatic carbocycles. The number of nitrogens with zero attached hydrogens (tertiary/aromatic N) is 4. The second kappa shape index (κ2) is 5.56. The number of ether oxygens (including phenoxy) is 1. The molecule has 0 atom stereocenters. The molecule has 7 heteroatoms. The maximum Gasteiger partial charge on any atom is 0.280 e. The molecule has 0 radical (unpaired) electrons. The predicted molar refractivity (Wildman–Crippen MR) is 73.6 cm³/mol. The molecule has 1 saturated heterocycles. The zero-order valence-electron chi connectivity index (χ0n) is 11.1. The van der Waals surface area contributed by atoms with E-state index in [9.17, 15) is 10.1 Å². The van der Waals surface area contributed by atoms with Crippen LogP contribution in [0.4, 0.5) is 5.69 Å². The molecule has 0 bridgehead atoms. The van der Waals surface area contributed by atoms with Gasteiger partial charge >= 0.3 is 0 Å². The van der Waals surface area contributed by atoms with Crippen LogP contribution in [0.1, 0.15) is 0 Å². The highest BCUT2D eigenvalue weighted by Gasteiger charge is 2.16. The van der Waals surface area contributed by atoms with Crippen LogP contribution >= 0.6 is 0 Å². The van der Waals surface area contributed by atoms with E-state index in [4.69, 9.17) is 4.74 Å². The van der Waals surface area contributed by atoms with Crippen LogP contribution in [0, 0.1) is 10.1 Å². The van der Waals surface area contributed by atoms with Crippen LogP contribution in [0.25, 0.3) is 10.9 Å². The number of hydrogen-bond acceptors (Lipinski definition) is 5. The van der Waals surface area contributed by atoms with Crippen molar-refractivity contribution in [1.82, 2.24) is 14.7 Å². The molecule has 0 aliphatic carbocycles. The number of non-ortho nitro benzene ring substituents is 1. The summed E-state index contributed by atoms with van der Waals surface area (Å²) in [7, 11) is 0. The summed E-state index contributed by atoms with van der Waals surface area (Å²) in [5.74, 6) is 0. The van der Waals surface area contributed by atoms with E-state index in [1.54, 1.807) is 12.3 Å². The minimum absolute atomic E-state index is 0.111. The molecule has 2 aromatic rings. The maximum absolute atomic E-state index is 11.0. The fourth-order valence-electron chi connectivity index (χ4n) is 2.49. The van der Waals surface area contributed by atoms with E-state index in [0.29, 0.717) is 5.39 Å². The van der Waals surface area contributed by atoms with Gasteiger partial charge in [-0.2, -0.15) is 5.10 Å². The second-order valence-electron chi connectivity index (χ2n) is 4.79. The number of hydrogen-bond donors (Lipinski definition) is 0. The van der Waals surface area contributed by atoms with Crippen molar-refractivity contribution in [3.05, 3.63) is 34.5 Å². The van der Waals surface area contributed by atoms with E-state index in [1.807, 2.05) is 10.7 Å². The topological polar surface area (TPSA) is 73.4 Å². The molecular weight excluding hydrogens is 260 g/mol. The molecule has 1 aliphatic heterocycles. The van der Waals surface area contributed by atoms with E-state index in [2.05, 4.69) is 10.00 Å². The molecule has 0 amide bonds. The van der Waals surface area contributed by atoms with Crippen molar-refractivity contribution in [3.8, 4) is 0 Å². The van der Waals surface area contributed by atoms with Crippen molar-refractivity contribution in [2.24, 2.45) is 0 Å². The van der Waals surface area contributed by atoms with E-state index in [1.165, 1.54) is 6.07 Å². The Morgan fingerprint density at radius 3 is 2.85 bits per heavy atom. The molecule has 1 fully saturated rings. The van der Waals surface area contributed by atoms with Crippen molar-refractivity contribution in [2.45, 2.75) is 6.54 Å². The fourth-order valence-corrected chi connectivity index (χ4v) is 2.49. The van der Waals surface area contributed by atoms with Crippen molar-refractivity contribution in [1.29, 1.82) is 0 Å². The average Bonchev–Trinajstić information content (AvgIpc) is 2.89. The summed E-state index contributed by atoms with van der Waals surface area (Å²) < 4.78 is 7.14. The summed E-state index contributed by atoms with van der Waals surface area (Å²) in [6, 6.07) is 5.08. The molecule has 1 aliphatic rings. The first kappa shape index (κ1) is 13.0. The molecular formula is C13H16N4O3. The molecule has 1 aromatic heterocycles. The van der Waals surface area contributed by atoms with Gasteiger partial charge in [-0.1, -0.05) is 6.07 Å².